The van der Waals surface area contributed by atoms with Gasteiger partial charge >= 0.3 is 0 Å². The Morgan fingerprint density at radius 1 is 1.27 bits per heavy atom. The summed E-state index contributed by atoms with van der Waals surface area (Å²) >= 11 is 3.81. The van der Waals surface area contributed by atoms with Gasteiger partial charge in [-0.05, 0) is 37.0 Å². The van der Waals surface area contributed by atoms with E-state index in [1.807, 2.05) is 0 Å². The Labute approximate surface area is 104 Å². The van der Waals surface area contributed by atoms with Crippen molar-refractivity contribution in [1.82, 2.24) is 0 Å². The van der Waals surface area contributed by atoms with Crippen molar-refractivity contribution in [2.24, 2.45) is 17.8 Å². The van der Waals surface area contributed by atoms with Crippen LogP contribution in [-0.2, 0) is 0 Å². The molecule has 0 saturated heterocycles. The highest BCUT2D eigenvalue weighted by Gasteiger charge is 2.31. The summed E-state index contributed by atoms with van der Waals surface area (Å²) in [5.41, 5.74) is 0. The molecule has 0 nitrogen and oxygen atoms in total. The number of hydrogen-bond acceptors (Lipinski definition) is 0. The Hall–Kier alpha value is 0.480. The topological polar surface area (TPSA) is 0 Å². The van der Waals surface area contributed by atoms with Gasteiger partial charge in [0, 0.05) is 4.83 Å². The van der Waals surface area contributed by atoms with Gasteiger partial charge in [-0.3, -0.25) is 0 Å². The predicted molar refractivity (Wildman–Crippen MR) is 72.5 cm³/mol. The Morgan fingerprint density at radius 3 is 2.47 bits per heavy atom. The van der Waals surface area contributed by atoms with Crippen LogP contribution in [0.1, 0.15) is 65.7 Å². The van der Waals surface area contributed by atoms with Crippen molar-refractivity contribution in [3.05, 3.63) is 0 Å². The minimum Gasteiger partial charge on any atom is -0.0888 e. The maximum atomic E-state index is 3.81. The maximum Gasteiger partial charge on any atom is 0.0174 e. The van der Waals surface area contributed by atoms with E-state index in [-0.39, 0.29) is 0 Å². The number of unbranched alkanes of at least 4 members (excludes halogenated alkanes) is 1. The summed E-state index contributed by atoms with van der Waals surface area (Å²) in [5, 5.41) is 0. The van der Waals surface area contributed by atoms with Crippen molar-refractivity contribution in [2.75, 3.05) is 0 Å². The summed E-state index contributed by atoms with van der Waals surface area (Å²) in [5.74, 6) is 2.90. The van der Waals surface area contributed by atoms with Gasteiger partial charge < -0.3 is 0 Å². The van der Waals surface area contributed by atoms with Crippen LogP contribution in [0.25, 0.3) is 0 Å². The van der Waals surface area contributed by atoms with E-state index < -0.39 is 0 Å². The third-order valence-corrected chi connectivity index (χ3v) is 5.60. The van der Waals surface area contributed by atoms with Crippen molar-refractivity contribution in [3.63, 3.8) is 0 Å². The van der Waals surface area contributed by atoms with Gasteiger partial charge in [-0.2, -0.15) is 0 Å². The zero-order valence-electron chi connectivity index (χ0n) is 10.6. The first-order chi connectivity index (χ1) is 7.19. The lowest BCUT2D eigenvalue weighted by molar-refractivity contribution is 0.297. The van der Waals surface area contributed by atoms with E-state index in [9.17, 15) is 0 Å². The van der Waals surface area contributed by atoms with Crippen LogP contribution >= 0.6 is 15.9 Å². The second kappa shape index (κ2) is 6.93. The van der Waals surface area contributed by atoms with Crippen LogP contribution in [0.2, 0.25) is 0 Å². The minimum atomic E-state index is 0.797. The largest absolute Gasteiger partial charge is 0.0888 e. The van der Waals surface area contributed by atoms with Gasteiger partial charge in [-0.15, -0.1) is 0 Å². The zero-order chi connectivity index (χ0) is 11.3. The monoisotopic (exact) mass is 274 g/mol. The van der Waals surface area contributed by atoms with E-state index in [4.69, 9.17) is 0 Å². The molecule has 0 amide bonds. The molecule has 0 N–H and O–H groups in total. The summed E-state index contributed by atoms with van der Waals surface area (Å²) < 4.78 is 0. The van der Waals surface area contributed by atoms with Crippen LogP contribution in [0, 0.1) is 17.8 Å². The molecule has 15 heavy (non-hydrogen) atoms. The minimum absolute atomic E-state index is 0.797. The van der Waals surface area contributed by atoms with Crippen molar-refractivity contribution >= 4 is 15.9 Å². The normalized spacial score (nSPS) is 33.2. The Balaban J connectivity index is 2.31. The van der Waals surface area contributed by atoms with E-state index in [1.165, 1.54) is 44.9 Å². The lowest BCUT2D eigenvalue weighted by Gasteiger charge is -2.23. The molecule has 1 fully saturated rings. The molecule has 1 heteroatoms. The highest BCUT2D eigenvalue weighted by atomic mass is 79.9. The number of alkyl halides is 1. The van der Waals surface area contributed by atoms with E-state index in [0.717, 1.165) is 22.6 Å². The van der Waals surface area contributed by atoms with Crippen molar-refractivity contribution in [1.29, 1.82) is 0 Å². The van der Waals surface area contributed by atoms with Gasteiger partial charge in [0.1, 0.15) is 0 Å². The molecule has 1 saturated carbocycles. The molecule has 1 aliphatic rings. The van der Waals surface area contributed by atoms with E-state index in [1.54, 1.807) is 0 Å². The molecule has 0 spiro atoms. The Kier molecular flexibility index (Phi) is 6.26. The third kappa shape index (κ3) is 4.09. The molecule has 1 rings (SSSR count). The summed E-state index contributed by atoms with van der Waals surface area (Å²) in [7, 11) is 0. The summed E-state index contributed by atoms with van der Waals surface area (Å²) in [6, 6.07) is 0. The molecule has 0 radical (unpaired) electrons. The molecule has 0 aromatic heterocycles. The molecule has 0 heterocycles. The van der Waals surface area contributed by atoms with Gasteiger partial charge in [-0.1, -0.05) is 62.4 Å². The Bertz CT molecular complexity index is 167. The van der Waals surface area contributed by atoms with Crippen molar-refractivity contribution < 1.29 is 0 Å². The molecular formula is C14H27Br. The second-order valence-electron chi connectivity index (χ2n) is 5.36. The molecule has 0 bridgehead atoms. The quantitative estimate of drug-likeness (QED) is 0.569. The average molecular weight is 275 g/mol. The highest BCUT2D eigenvalue weighted by Crippen LogP contribution is 2.40. The molecule has 0 aromatic rings. The van der Waals surface area contributed by atoms with Crippen LogP contribution in [0.4, 0.5) is 0 Å². The fourth-order valence-corrected chi connectivity index (χ4v) is 3.63. The SMILES string of the molecule is CCCCC(CC)CC1CCC(Br)C1C. The van der Waals surface area contributed by atoms with Crippen molar-refractivity contribution in [3.8, 4) is 0 Å². The summed E-state index contributed by atoms with van der Waals surface area (Å²) in [6.45, 7) is 7.11. The van der Waals surface area contributed by atoms with Gasteiger partial charge in [0.2, 0.25) is 0 Å². The van der Waals surface area contributed by atoms with Crippen LogP contribution in [0.15, 0.2) is 0 Å². The average Bonchev–Trinajstić information content (AvgIpc) is 2.55. The first-order valence-corrected chi connectivity index (χ1v) is 7.74. The number of hydrogen-bond donors (Lipinski definition) is 0. The lowest BCUT2D eigenvalue weighted by atomic mass is 9.84. The molecule has 0 aromatic carbocycles. The molecular weight excluding hydrogens is 248 g/mol. The van der Waals surface area contributed by atoms with E-state index >= 15 is 0 Å². The first kappa shape index (κ1) is 13.5. The molecule has 0 aliphatic heterocycles. The van der Waals surface area contributed by atoms with E-state index in [0.29, 0.717) is 0 Å². The Morgan fingerprint density at radius 2 is 2.00 bits per heavy atom. The number of halogens is 1. The van der Waals surface area contributed by atoms with Gasteiger partial charge in [0.05, 0.1) is 0 Å². The standard InChI is InChI=1S/C14H27Br/c1-4-6-7-12(5-2)10-13-8-9-14(15)11(13)3/h11-14H,4-10H2,1-3H3. The smallest absolute Gasteiger partial charge is 0.0174 e. The molecule has 4 atom stereocenters. The fourth-order valence-electron chi connectivity index (χ4n) is 2.94. The summed E-state index contributed by atoms with van der Waals surface area (Å²) in [4.78, 5) is 0.797. The molecule has 4 unspecified atom stereocenters. The zero-order valence-corrected chi connectivity index (χ0v) is 12.2. The molecule has 90 valence electrons. The van der Waals surface area contributed by atoms with Crippen LogP contribution in [0.3, 0.4) is 0 Å². The maximum absolute atomic E-state index is 3.81. The third-order valence-electron chi connectivity index (χ3n) is 4.31. The van der Waals surface area contributed by atoms with Crippen molar-refractivity contribution in [2.45, 2.75) is 70.5 Å². The lowest BCUT2D eigenvalue weighted by Crippen LogP contribution is -2.14. The summed E-state index contributed by atoms with van der Waals surface area (Å²) in [6.07, 6.45) is 9.98. The van der Waals surface area contributed by atoms with Gasteiger partial charge in [-0.25, -0.2) is 0 Å². The van der Waals surface area contributed by atoms with Crippen LogP contribution in [-0.4, -0.2) is 4.83 Å². The molecule has 1 aliphatic carbocycles. The predicted octanol–water partition coefficient (Wildman–Crippen LogP) is 5.40. The first-order valence-electron chi connectivity index (χ1n) is 6.83. The fraction of sp³-hybridized carbons (Fsp3) is 1.00. The van der Waals surface area contributed by atoms with Gasteiger partial charge in [0.25, 0.3) is 0 Å². The highest BCUT2D eigenvalue weighted by molar-refractivity contribution is 9.09. The van der Waals surface area contributed by atoms with Gasteiger partial charge in [0.15, 0.2) is 0 Å². The second-order valence-corrected chi connectivity index (χ2v) is 6.54. The number of rotatable bonds is 6. The van der Waals surface area contributed by atoms with Crippen LogP contribution in [0.5, 0.6) is 0 Å². The van der Waals surface area contributed by atoms with Crippen LogP contribution < -0.4 is 0 Å². The van der Waals surface area contributed by atoms with E-state index in [2.05, 4.69) is 36.7 Å².